The Hall–Kier alpha value is -1.96. The maximum Gasteiger partial charge on any atom is 0.338 e. The normalized spacial score (nSPS) is 22.9. The summed E-state index contributed by atoms with van der Waals surface area (Å²) in [6.07, 6.45) is 3.15. The van der Waals surface area contributed by atoms with Gasteiger partial charge in [0.2, 0.25) is 0 Å². The average Bonchev–Trinajstić information content (AvgIpc) is 2.57. The van der Waals surface area contributed by atoms with Crippen LogP contribution >= 0.6 is 15.9 Å². The Balaban J connectivity index is 1.90. The molecule has 1 saturated carbocycles. The van der Waals surface area contributed by atoms with Gasteiger partial charge in [-0.1, -0.05) is 26.7 Å². The minimum atomic E-state index is -0.768. The molecule has 1 fully saturated rings. The maximum absolute atomic E-state index is 12.0. The summed E-state index contributed by atoms with van der Waals surface area (Å²) in [4.78, 5) is 34.3. The number of nitro groups is 1. The molecule has 3 atom stereocenters. The second kappa shape index (κ2) is 8.42. The molecule has 0 aliphatic heterocycles. The van der Waals surface area contributed by atoms with E-state index in [2.05, 4.69) is 35.1 Å². The number of benzene rings is 1. The summed E-state index contributed by atoms with van der Waals surface area (Å²) in [7, 11) is 0. The second-order valence-corrected chi connectivity index (χ2v) is 7.30. The molecule has 2 rings (SSSR count). The van der Waals surface area contributed by atoms with E-state index < -0.39 is 17.5 Å². The van der Waals surface area contributed by atoms with Gasteiger partial charge in [0.25, 0.3) is 11.6 Å². The minimum absolute atomic E-state index is 0.0300. The molecule has 0 heterocycles. The van der Waals surface area contributed by atoms with Gasteiger partial charge in [0.1, 0.15) is 0 Å². The van der Waals surface area contributed by atoms with E-state index in [0.29, 0.717) is 11.8 Å². The first kappa shape index (κ1) is 19.4. The van der Waals surface area contributed by atoms with Crippen LogP contribution in [-0.4, -0.2) is 29.4 Å². The number of nitrogens with zero attached hydrogens (tertiary/aromatic N) is 1. The highest BCUT2D eigenvalue weighted by molar-refractivity contribution is 9.10. The zero-order valence-corrected chi connectivity index (χ0v) is 15.7. The monoisotopic (exact) mass is 412 g/mol. The number of halogens is 1. The molecule has 0 saturated heterocycles. The van der Waals surface area contributed by atoms with Gasteiger partial charge in [0.15, 0.2) is 6.61 Å². The van der Waals surface area contributed by atoms with Crippen molar-refractivity contribution in [1.29, 1.82) is 0 Å². The summed E-state index contributed by atoms with van der Waals surface area (Å²) in [5.41, 5.74) is -0.203. The van der Waals surface area contributed by atoms with E-state index in [0.717, 1.165) is 25.3 Å². The molecule has 1 amide bonds. The van der Waals surface area contributed by atoms with Crippen LogP contribution < -0.4 is 5.32 Å². The standard InChI is InChI=1S/C17H21BrN2O5/c1-10-4-3-5-14(11(10)2)19-16(21)9-25-17(22)12-6-7-13(18)15(8-12)20(23)24/h6-8,10-11,14H,3-5,9H2,1-2H3,(H,19,21)/t10-,11-,14+/m1/s1. The number of esters is 1. The van der Waals surface area contributed by atoms with Crippen LogP contribution in [0, 0.1) is 22.0 Å². The van der Waals surface area contributed by atoms with Crippen LogP contribution in [0.5, 0.6) is 0 Å². The molecule has 8 heteroatoms. The van der Waals surface area contributed by atoms with Crippen LogP contribution in [0.3, 0.4) is 0 Å². The van der Waals surface area contributed by atoms with E-state index >= 15 is 0 Å². The van der Waals surface area contributed by atoms with E-state index in [-0.39, 0.29) is 27.7 Å². The van der Waals surface area contributed by atoms with E-state index in [4.69, 9.17) is 4.74 Å². The predicted octanol–water partition coefficient (Wildman–Crippen LogP) is 3.46. The summed E-state index contributed by atoms with van der Waals surface area (Å²) in [5.74, 6) is -0.200. The maximum atomic E-state index is 12.0. The number of carbonyl (C=O) groups is 2. The number of carbonyl (C=O) groups excluding carboxylic acids is 2. The predicted molar refractivity (Wildman–Crippen MR) is 95.2 cm³/mol. The Morgan fingerprint density at radius 3 is 2.76 bits per heavy atom. The molecule has 0 spiro atoms. The van der Waals surface area contributed by atoms with Gasteiger partial charge in [-0.05, 0) is 46.3 Å². The lowest BCUT2D eigenvalue weighted by Crippen LogP contribution is -2.45. The molecule has 1 aromatic rings. The Morgan fingerprint density at radius 1 is 1.36 bits per heavy atom. The van der Waals surface area contributed by atoms with E-state index in [1.807, 2.05) is 0 Å². The number of rotatable bonds is 5. The summed E-state index contributed by atoms with van der Waals surface area (Å²) < 4.78 is 5.25. The van der Waals surface area contributed by atoms with Crippen molar-refractivity contribution in [3.05, 3.63) is 38.3 Å². The molecule has 0 radical (unpaired) electrons. The van der Waals surface area contributed by atoms with E-state index in [1.165, 1.54) is 12.1 Å². The fraction of sp³-hybridized carbons (Fsp3) is 0.529. The zero-order valence-electron chi connectivity index (χ0n) is 14.2. The van der Waals surface area contributed by atoms with Gasteiger partial charge >= 0.3 is 5.97 Å². The van der Waals surface area contributed by atoms with Gasteiger partial charge in [0.05, 0.1) is 15.0 Å². The number of nitrogens with one attached hydrogen (secondary N) is 1. The minimum Gasteiger partial charge on any atom is -0.452 e. The van der Waals surface area contributed by atoms with E-state index in [1.54, 1.807) is 0 Å². The van der Waals surface area contributed by atoms with Gasteiger partial charge < -0.3 is 10.1 Å². The van der Waals surface area contributed by atoms with Crippen molar-refractivity contribution in [3.63, 3.8) is 0 Å². The third kappa shape index (κ3) is 5.01. The number of amides is 1. The number of hydrogen-bond donors (Lipinski definition) is 1. The van der Waals surface area contributed by atoms with Crippen LogP contribution in [0.2, 0.25) is 0 Å². The number of hydrogen-bond acceptors (Lipinski definition) is 5. The first-order valence-corrected chi connectivity index (χ1v) is 8.99. The van der Waals surface area contributed by atoms with Crippen molar-refractivity contribution in [1.82, 2.24) is 5.32 Å². The first-order valence-electron chi connectivity index (χ1n) is 8.20. The third-order valence-electron chi connectivity index (χ3n) is 4.77. The lowest BCUT2D eigenvalue weighted by atomic mass is 9.78. The lowest BCUT2D eigenvalue weighted by molar-refractivity contribution is -0.385. The number of nitro benzene ring substituents is 1. The van der Waals surface area contributed by atoms with Gasteiger partial charge in [-0.2, -0.15) is 0 Å². The topological polar surface area (TPSA) is 98.5 Å². The Morgan fingerprint density at radius 2 is 2.08 bits per heavy atom. The second-order valence-electron chi connectivity index (χ2n) is 6.44. The van der Waals surface area contributed by atoms with Crippen LogP contribution in [0.15, 0.2) is 22.7 Å². The Labute approximate surface area is 154 Å². The quantitative estimate of drug-likeness (QED) is 0.453. The molecule has 1 aromatic carbocycles. The van der Waals surface area contributed by atoms with Crippen molar-refractivity contribution in [2.75, 3.05) is 6.61 Å². The Bertz CT molecular complexity index is 679. The van der Waals surface area contributed by atoms with Gasteiger partial charge in [-0.3, -0.25) is 14.9 Å². The highest BCUT2D eigenvalue weighted by atomic mass is 79.9. The number of ether oxygens (including phenoxy) is 1. The molecule has 136 valence electrons. The Kier molecular flexibility index (Phi) is 6.52. The molecule has 7 nitrogen and oxygen atoms in total. The first-order chi connectivity index (χ1) is 11.8. The SMILES string of the molecule is C[C@@H]1[C@H](C)CCC[C@@H]1NC(=O)COC(=O)c1ccc(Br)c([N+](=O)[O-])c1. The molecule has 1 N–H and O–H groups in total. The fourth-order valence-electron chi connectivity index (χ4n) is 3.03. The highest BCUT2D eigenvalue weighted by Crippen LogP contribution is 2.29. The molecule has 25 heavy (non-hydrogen) atoms. The fourth-order valence-corrected chi connectivity index (χ4v) is 3.42. The van der Waals surface area contributed by atoms with Crippen molar-refractivity contribution in [2.45, 2.75) is 39.2 Å². The highest BCUT2D eigenvalue weighted by Gasteiger charge is 2.28. The lowest BCUT2D eigenvalue weighted by Gasteiger charge is -2.34. The van der Waals surface area contributed by atoms with Gasteiger partial charge in [-0.25, -0.2) is 4.79 Å². The van der Waals surface area contributed by atoms with Gasteiger partial charge in [-0.15, -0.1) is 0 Å². The molecule has 0 bridgehead atoms. The molecule has 0 unspecified atom stereocenters. The third-order valence-corrected chi connectivity index (χ3v) is 5.44. The van der Waals surface area contributed by atoms with Crippen molar-refractivity contribution in [3.8, 4) is 0 Å². The van der Waals surface area contributed by atoms with Crippen molar-refractivity contribution in [2.24, 2.45) is 11.8 Å². The molecule has 0 aromatic heterocycles. The van der Waals surface area contributed by atoms with E-state index in [9.17, 15) is 19.7 Å². The summed E-state index contributed by atoms with van der Waals surface area (Å²) in [5, 5.41) is 13.8. The zero-order chi connectivity index (χ0) is 18.6. The van der Waals surface area contributed by atoms with Crippen LogP contribution in [0.1, 0.15) is 43.5 Å². The molecular weight excluding hydrogens is 392 g/mol. The van der Waals surface area contributed by atoms with Crippen LogP contribution in [0.25, 0.3) is 0 Å². The van der Waals surface area contributed by atoms with Crippen LogP contribution in [0.4, 0.5) is 5.69 Å². The van der Waals surface area contributed by atoms with Gasteiger partial charge in [0, 0.05) is 12.1 Å². The smallest absolute Gasteiger partial charge is 0.338 e. The van der Waals surface area contributed by atoms with Crippen LogP contribution in [-0.2, 0) is 9.53 Å². The molecule has 1 aliphatic carbocycles. The largest absolute Gasteiger partial charge is 0.452 e. The summed E-state index contributed by atoms with van der Waals surface area (Å²) in [6.45, 7) is 3.88. The molecule has 1 aliphatic rings. The summed E-state index contributed by atoms with van der Waals surface area (Å²) >= 11 is 3.05. The summed E-state index contributed by atoms with van der Waals surface area (Å²) in [6, 6.07) is 4.01. The molecular formula is C17H21BrN2O5. The average molecular weight is 413 g/mol. The van der Waals surface area contributed by atoms with Crippen molar-refractivity contribution >= 4 is 33.5 Å². The van der Waals surface area contributed by atoms with Crippen molar-refractivity contribution < 1.29 is 19.2 Å².